The van der Waals surface area contributed by atoms with Crippen LogP contribution in [-0.4, -0.2) is 37.2 Å². The molecule has 0 fully saturated rings. The highest BCUT2D eigenvalue weighted by molar-refractivity contribution is 7.92. The number of nitrogens with two attached hydrogens (primary N) is 1. The normalized spacial score (nSPS) is 12.3. The summed E-state index contributed by atoms with van der Waals surface area (Å²) >= 11 is 18.1. The van der Waals surface area contributed by atoms with Crippen molar-refractivity contribution in [1.29, 1.82) is 0 Å². The number of sulfonamides is 1. The van der Waals surface area contributed by atoms with Gasteiger partial charge in [-0.1, -0.05) is 53.0 Å². The van der Waals surface area contributed by atoms with E-state index < -0.39 is 16.1 Å². The van der Waals surface area contributed by atoms with E-state index in [1.807, 2.05) is 0 Å². The maximum absolute atomic E-state index is 12.8. The average Bonchev–Trinajstić information content (AvgIpc) is 2.77. The number of aliphatic hydroxyl groups is 1. The minimum Gasteiger partial charge on any atom is -0.478 e. The van der Waals surface area contributed by atoms with Gasteiger partial charge < -0.3 is 20.3 Å². The van der Waals surface area contributed by atoms with Crippen molar-refractivity contribution in [3.63, 3.8) is 0 Å². The van der Waals surface area contributed by atoms with E-state index in [0.717, 1.165) is 0 Å². The molecule has 13 heteroatoms. The Morgan fingerprint density at radius 2 is 1.78 bits per heavy atom. The molecule has 0 radical (unpaired) electrons. The Bertz CT molecular complexity index is 1230. The number of aliphatic hydroxyl groups excluding tert-OH is 1. The number of hydrogen-bond donors (Lipinski definition) is 3. The van der Waals surface area contributed by atoms with Crippen LogP contribution < -0.4 is 19.9 Å². The van der Waals surface area contributed by atoms with Gasteiger partial charge in [-0.05, 0) is 29.8 Å². The zero-order chi connectivity index (χ0) is 23.5. The molecule has 0 bridgehead atoms. The number of ether oxygens (including phenoxy) is 2. The van der Waals surface area contributed by atoms with Crippen molar-refractivity contribution < 1.29 is 23.0 Å². The summed E-state index contributed by atoms with van der Waals surface area (Å²) in [7, 11) is -2.91. The largest absolute Gasteiger partial charge is 0.478 e. The molecule has 1 heterocycles. The molecule has 170 valence electrons. The van der Waals surface area contributed by atoms with Crippen molar-refractivity contribution in [1.82, 2.24) is 9.97 Å². The van der Waals surface area contributed by atoms with E-state index in [0.29, 0.717) is 11.3 Å². The summed E-state index contributed by atoms with van der Waals surface area (Å²) in [6, 6.07) is 10.2. The van der Waals surface area contributed by atoms with Gasteiger partial charge in [0.25, 0.3) is 21.8 Å². The Hall–Kier alpha value is -2.34. The van der Waals surface area contributed by atoms with Gasteiger partial charge in [0.2, 0.25) is 5.82 Å². The molecule has 0 aliphatic heterocycles. The van der Waals surface area contributed by atoms with Gasteiger partial charge >= 0.3 is 0 Å². The maximum Gasteiger partial charge on any atom is 0.264 e. The lowest BCUT2D eigenvalue weighted by molar-refractivity contribution is 0.268. The predicted molar refractivity (Wildman–Crippen MR) is 121 cm³/mol. The lowest BCUT2D eigenvalue weighted by Crippen LogP contribution is -2.16. The monoisotopic (exact) mass is 518 g/mol. The number of nitrogens with zero attached hydrogens (tertiary/aromatic N) is 2. The number of anilines is 1. The van der Waals surface area contributed by atoms with Crippen molar-refractivity contribution in [2.75, 3.05) is 18.4 Å². The first kappa shape index (κ1) is 24.3. The second kappa shape index (κ2) is 10.1. The van der Waals surface area contributed by atoms with Crippen LogP contribution in [-0.2, 0) is 10.0 Å². The molecule has 1 atom stereocenters. The Morgan fingerprint density at radius 3 is 2.41 bits per heavy atom. The van der Waals surface area contributed by atoms with Gasteiger partial charge in [0.1, 0.15) is 10.6 Å². The molecule has 0 unspecified atom stereocenters. The van der Waals surface area contributed by atoms with E-state index in [-0.39, 0.29) is 44.3 Å². The molecule has 3 rings (SSSR count). The first-order valence-electron chi connectivity index (χ1n) is 8.89. The lowest BCUT2D eigenvalue weighted by Gasteiger charge is -2.14. The van der Waals surface area contributed by atoms with Crippen LogP contribution in [0.15, 0.2) is 47.4 Å². The second-order valence-corrected chi connectivity index (χ2v) is 9.09. The highest BCUT2D eigenvalue weighted by Crippen LogP contribution is 2.35. The van der Waals surface area contributed by atoms with Crippen LogP contribution in [0.3, 0.4) is 0 Å². The number of hydrogen-bond acceptors (Lipinski definition) is 8. The fourth-order valence-electron chi connectivity index (χ4n) is 2.53. The zero-order valence-corrected chi connectivity index (χ0v) is 19.5. The van der Waals surface area contributed by atoms with Crippen LogP contribution in [0.2, 0.25) is 15.2 Å². The summed E-state index contributed by atoms with van der Waals surface area (Å²) in [6.07, 6.45) is 0. The highest BCUT2D eigenvalue weighted by atomic mass is 35.5. The summed E-state index contributed by atoms with van der Waals surface area (Å²) < 4.78 is 38.5. The van der Waals surface area contributed by atoms with Crippen LogP contribution in [0.25, 0.3) is 0 Å². The van der Waals surface area contributed by atoms with Gasteiger partial charge in [-0.2, -0.15) is 4.98 Å². The number of benzene rings is 2. The molecule has 0 spiro atoms. The van der Waals surface area contributed by atoms with Crippen LogP contribution in [0.5, 0.6) is 17.5 Å². The molecule has 32 heavy (non-hydrogen) atoms. The number of methoxy groups -OCH3 is 1. The van der Waals surface area contributed by atoms with Crippen LogP contribution in [0.1, 0.15) is 11.6 Å². The molecule has 0 saturated heterocycles. The molecule has 0 amide bonds. The molecular formula is C19H17Cl3N4O5S. The number of rotatable bonds is 8. The molecule has 4 N–H and O–H groups in total. The SMILES string of the molecule is COc1nc(Oc2ccc([C@H](N)CO)cc2)c(Cl)nc1NS(=O)(=O)c1cccc(Cl)c1Cl. The summed E-state index contributed by atoms with van der Waals surface area (Å²) in [5.41, 5.74) is 6.47. The third-order valence-electron chi connectivity index (χ3n) is 4.14. The second-order valence-electron chi connectivity index (χ2n) is 6.30. The summed E-state index contributed by atoms with van der Waals surface area (Å²) in [5.74, 6) is -0.224. The summed E-state index contributed by atoms with van der Waals surface area (Å²) in [4.78, 5) is 7.83. The van der Waals surface area contributed by atoms with E-state index >= 15 is 0 Å². The van der Waals surface area contributed by atoms with Crippen LogP contribution in [0, 0.1) is 0 Å². The fraction of sp³-hybridized carbons (Fsp3) is 0.158. The smallest absolute Gasteiger partial charge is 0.264 e. The van der Waals surface area contributed by atoms with Crippen molar-refractivity contribution in [2.24, 2.45) is 5.73 Å². The Morgan fingerprint density at radius 1 is 1.09 bits per heavy atom. The van der Waals surface area contributed by atoms with Gasteiger partial charge in [0.05, 0.1) is 29.8 Å². The van der Waals surface area contributed by atoms with E-state index in [2.05, 4.69) is 14.7 Å². The highest BCUT2D eigenvalue weighted by Gasteiger charge is 2.24. The van der Waals surface area contributed by atoms with Crippen LogP contribution >= 0.6 is 34.8 Å². The molecular weight excluding hydrogens is 503 g/mol. The standard InChI is InChI=1S/C19H17Cl3N4O5S/c1-30-19-17(26-32(28,29)14-4-2-3-12(20)15(14)21)24-16(22)18(25-19)31-11-7-5-10(6-8-11)13(23)9-27/h2-8,13,27H,9,23H2,1H3,(H,24,26)/t13-/m1/s1. The summed E-state index contributed by atoms with van der Waals surface area (Å²) in [6.45, 7) is -0.202. The van der Waals surface area contributed by atoms with Crippen LogP contribution in [0.4, 0.5) is 5.82 Å². The number of halogens is 3. The quantitative estimate of drug-likeness (QED) is 0.406. The lowest BCUT2D eigenvalue weighted by atomic mass is 10.1. The Kier molecular flexibility index (Phi) is 7.65. The van der Waals surface area contributed by atoms with Crippen molar-refractivity contribution >= 4 is 50.6 Å². The maximum atomic E-state index is 12.8. The van der Waals surface area contributed by atoms with Gasteiger partial charge in [-0.3, -0.25) is 4.72 Å². The average molecular weight is 520 g/mol. The first-order chi connectivity index (χ1) is 15.2. The van der Waals surface area contributed by atoms with Gasteiger partial charge in [0, 0.05) is 0 Å². The van der Waals surface area contributed by atoms with E-state index in [1.165, 1.54) is 25.3 Å². The zero-order valence-electron chi connectivity index (χ0n) is 16.4. The first-order valence-corrected chi connectivity index (χ1v) is 11.5. The van der Waals surface area contributed by atoms with Gasteiger partial charge in [0.15, 0.2) is 5.15 Å². The number of aromatic nitrogens is 2. The summed E-state index contributed by atoms with van der Waals surface area (Å²) in [5, 5.41) is 8.82. The molecule has 0 aliphatic rings. The van der Waals surface area contributed by atoms with E-state index in [1.54, 1.807) is 24.3 Å². The molecule has 0 saturated carbocycles. The Labute approximate surface area is 199 Å². The molecule has 3 aromatic rings. The minimum absolute atomic E-state index is 0.0698. The molecule has 9 nitrogen and oxygen atoms in total. The third kappa shape index (κ3) is 5.34. The third-order valence-corrected chi connectivity index (χ3v) is 6.70. The van der Waals surface area contributed by atoms with Crippen molar-refractivity contribution in [3.8, 4) is 17.5 Å². The molecule has 0 aliphatic carbocycles. The van der Waals surface area contributed by atoms with E-state index in [9.17, 15) is 8.42 Å². The van der Waals surface area contributed by atoms with Gasteiger partial charge in [-0.15, -0.1) is 0 Å². The topological polar surface area (TPSA) is 137 Å². The number of nitrogens with one attached hydrogen (secondary N) is 1. The van der Waals surface area contributed by atoms with Gasteiger partial charge in [-0.25, -0.2) is 13.4 Å². The van der Waals surface area contributed by atoms with Crippen molar-refractivity contribution in [2.45, 2.75) is 10.9 Å². The predicted octanol–water partition coefficient (Wildman–Crippen LogP) is 4.03. The Balaban J connectivity index is 1.89. The molecule has 2 aromatic carbocycles. The fourth-order valence-corrected chi connectivity index (χ4v) is 4.46. The molecule has 1 aromatic heterocycles. The minimum atomic E-state index is -4.18. The van der Waals surface area contributed by atoms with Crippen molar-refractivity contribution in [3.05, 3.63) is 63.2 Å². The van der Waals surface area contributed by atoms with E-state index in [4.69, 9.17) is 55.1 Å².